The molecule has 1 atom stereocenters. The number of hydrogen-bond acceptors (Lipinski definition) is 2. The van der Waals surface area contributed by atoms with Gasteiger partial charge in [-0.1, -0.05) is 0 Å². The summed E-state index contributed by atoms with van der Waals surface area (Å²) in [5, 5.41) is 0. The highest BCUT2D eigenvalue weighted by Crippen LogP contribution is 2.16. The van der Waals surface area contributed by atoms with Crippen molar-refractivity contribution in [2.45, 2.75) is 13.0 Å². The van der Waals surface area contributed by atoms with E-state index < -0.39 is 5.95 Å². The molecule has 0 radical (unpaired) electrons. The first kappa shape index (κ1) is 8.86. The van der Waals surface area contributed by atoms with E-state index in [1.54, 1.807) is 0 Å². The first-order valence-corrected chi connectivity index (χ1v) is 4.25. The van der Waals surface area contributed by atoms with Crippen molar-refractivity contribution in [1.82, 2.24) is 4.98 Å². The van der Waals surface area contributed by atoms with Crippen molar-refractivity contribution in [3.05, 3.63) is 27.3 Å². The molecule has 0 amide bonds. The van der Waals surface area contributed by atoms with Crippen molar-refractivity contribution in [3.63, 3.8) is 0 Å². The Balaban J connectivity index is 3.09. The zero-order valence-electron chi connectivity index (χ0n) is 6.01. The van der Waals surface area contributed by atoms with Crippen molar-refractivity contribution < 1.29 is 4.39 Å². The van der Waals surface area contributed by atoms with Gasteiger partial charge < -0.3 is 5.73 Å². The molecule has 1 aromatic rings. The molecule has 0 aliphatic rings. The first-order valence-electron chi connectivity index (χ1n) is 3.18. The predicted molar refractivity (Wildman–Crippen MR) is 49.5 cm³/mol. The maximum Gasteiger partial charge on any atom is 0.213 e. The molecule has 4 heteroatoms. The van der Waals surface area contributed by atoms with Crippen LogP contribution in [0.25, 0.3) is 0 Å². The number of pyridine rings is 1. The van der Waals surface area contributed by atoms with Crippen molar-refractivity contribution >= 4 is 22.6 Å². The fraction of sp³-hybridized carbons (Fsp3) is 0.286. The SMILES string of the molecule is CC(N)c1cnc(F)cc1I. The van der Waals surface area contributed by atoms with Gasteiger partial charge in [-0.2, -0.15) is 4.39 Å². The lowest BCUT2D eigenvalue weighted by Gasteiger charge is -2.06. The second-order valence-corrected chi connectivity index (χ2v) is 3.48. The minimum atomic E-state index is -0.459. The lowest BCUT2D eigenvalue weighted by molar-refractivity contribution is 0.579. The molecular weight excluding hydrogens is 258 g/mol. The number of hydrogen-bond donors (Lipinski definition) is 1. The fourth-order valence-corrected chi connectivity index (χ4v) is 1.64. The van der Waals surface area contributed by atoms with Crippen LogP contribution in [0, 0.1) is 9.52 Å². The molecule has 0 saturated heterocycles. The van der Waals surface area contributed by atoms with Gasteiger partial charge in [0.15, 0.2) is 0 Å². The minimum Gasteiger partial charge on any atom is -0.324 e. The summed E-state index contributed by atoms with van der Waals surface area (Å²) in [6.07, 6.45) is 1.47. The molecule has 0 aromatic carbocycles. The second kappa shape index (κ2) is 3.44. The van der Waals surface area contributed by atoms with Gasteiger partial charge in [0, 0.05) is 27.4 Å². The smallest absolute Gasteiger partial charge is 0.213 e. The highest BCUT2D eigenvalue weighted by atomic mass is 127. The Labute approximate surface area is 78.1 Å². The maximum absolute atomic E-state index is 12.5. The van der Waals surface area contributed by atoms with Crippen LogP contribution in [0.4, 0.5) is 4.39 Å². The largest absolute Gasteiger partial charge is 0.324 e. The summed E-state index contributed by atoms with van der Waals surface area (Å²) in [7, 11) is 0. The molecule has 2 nitrogen and oxygen atoms in total. The molecule has 1 heterocycles. The van der Waals surface area contributed by atoms with Gasteiger partial charge in [0.2, 0.25) is 5.95 Å². The summed E-state index contributed by atoms with van der Waals surface area (Å²) in [5.41, 5.74) is 6.48. The molecule has 11 heavy (non-hydrogen) atoms. The van der Waals surface area contributed by atoms with Gasteiger partial charge in [-0.15, -0.1) is 0 Å². The van der Waals surface area contributed by atoms with E-state index in [9.17, 15) is 4.39 Å². The van der Waals surface area contributed by atoms with Crippen molar-refractivity contribution in [3.8, 4) is 0 Å². The molecule has 0 fully saturated rings. The van der Waals surface area contributed by atoms with Crippen LogP contribution in [0.5, 0.6) is 0 Å². The molecule has 0 spiro atoms. The summed E-state index contributed by atoms with van der Waals surface area (Å²) < 4.78 is 13.3. The number of nitrogens with zero attached hydrogens (tertiary/aromatic N) is 1. The van der Waals surface area contributed by atoms with Crippen LogP contribution in [0.3, 0.4) is 0 Å². The first-order chi connectivity index (χ1) is 5.11. The summed E-state index contributed by atoms with van der Waals surface area (Å²) in [6.45, 7) is 1.84. The zero-order chi connectivity index (χ0) is 8.43. The van der Waals surface area contributed by atoms with E-state index in [1.165, 1.54) is 12.3 Å². The zero-order valence-corrected chi connectivity index (χ0v) is 8.17. The Bertz CT molecular complexity index is 263. The topological polar surface area (TPSA) is 38.9 Å². The van der Waals surface area contributed by atoms with E-state index in [1.807, 2.05) is 29.5 Å². The third-order valence-electron chi connectivity index (χ3n) is 1.34. The van der Waals surface area contributed by atoms with Crippen LogP contribution in [0.15, 0.2) is 12.3 Å². The molecule has 0 bridgehead atoms. The monoisotopic (exact) mass is 266 g/mol. The van der Waals surface area contributed by atoms with Crippen LogP contribution < -0.4 is 5.73 Å². The summed E-state index contributed by atoms with van der Waals surface area (Å²) in [5.74, 6) is -0.459. The molecule has 0 saturated carbocycles. The lowest BCUT2D eigenvalue weighted by Crippen LogP contribution is -2.07. The van der Waals surface area contributed by atoms with E-state index >= 15 is 0 Å². The highest BCUT2D eigenvalue weighted by Gasteiger charge is 2.05. The molecule has 0 aliphatic heterocycles. The maximum atomic E-state index is 12.5. The molecule has 0 aliphatic carbocycles. The molecule has 1 unspecified atom stereocenters. The van der Waals surface area contributed by atoms with Crippen LogP contribution in [0.1, 0.15) is 18.5 Å². The Morgan fingerprint density at radius 1 is 1.73 bits per heavy atom. The number of halogens is 2. The van der Waals surface area contributed by atoms with Crippen molar-refractivity contribution in [1.29, 1.82) is 0 Å². The van der Waals surface area contributed by atoms with Crippen LogP contribution >= 0.6 is 22.6 Å². The van der Waals surface area contributed by atoms with E-state index in [0.29, 0.717) is 0 Å². The number of aromatic nitrogens is 1. The van der Waals surface area contributed by atoms with E-state index in [0.717, 1.165) is 9.13 Å². The van der Waals surface area contributed by atoms with E-state index in [-0.39, 0.29) is 6.04 Å². The van der Waals surface area contributed by atoms with E-state index in [4.69, 9.17) is 5.73 Å². The Hall–Kier alpha value is -0.230. The van der Waals surface area contributed by atoms with Crippen molar-refractivity contribution in [2.24, 2.45) is 5.73 Å². The average molecular weight is 266 g/mol. The fourth-order valence-electron chi connectivity index (χ4n) is 0.753. The third kappa shape index (κ3) is 2.10. The highest BCUT2D eigenvalue weighted by molar-refractivity contribution is 14.1. The Kier molecular flexibility index (Phi) is 2.78. The van der Waals surface area contributed by atoms with Crippen LogP contribution in [-0.2, 0) is 0 Å². The molecule has 1 aromatic heterocycles. The average Bonchev–Trinajstić information content (AvgIpc) is 1.85. The standard InChI is InChI=1S/C7H8FIN2/c1-4(10)5-3-11-7(8)2-6(5)9/h2-4H,10H2,1H3. The van der Waals surface area contributed by atoms with E-state index in [2.05, 4.69) is 4.98 Å². The summed E-state index contributed by atoms with van der Waals surface area (Å²) in [4.78, 5) is 3.51. The van der Waals surface area contributed by atoms with Gasteiger partial charge in [-0.05, 0) is 29.5 Å². The van der Waals surface area contributed by atoms with Gasteiger partial charge >= 0.3 is 0 Å². The Morgan fingerprint density at radius 3 is 2.82 bits per heavy atom. The Morgan fingerprint density at radius 2 is 2.36 bits per heavy atom. The summed E-state index contributed by atoms with van der Waals surface area (Å²) in [6, 6.07) is 1.29. The van der Waals surface area contributed by atoms with Gasteiger partial charge in [0.25, 0.3) is 0 Å². The van der Waals surface area contributed by atoms with Gasteiger partial charge in [-0.25, -0.2) is 4.98 Å². The van der Waals surface area contributed by atoms with Crippen LogP contribution in [0.2, 0.25) is 0 Å². The van der Waals surface area contributed by atoms with Crippen LogP contribution in [-0.4, -0.2) is 4.98 Å². The molecular formula is C7H8FIN2. The summed E-state index contributed by atoms with van der Waals surface area (Å²) >= 11 is 2.04. The predicted octanol–water partition coefficient (Wildman–Crippen LogP) is 1.84. The second-order valence-electron chi connectivity index (χ2n) is 2.32. The van der Waals surface area contributed by atoms with Gasteiger partial charge in [-0.3, -0.25) is 0 Å². The minimum absolute atomic E-state index is 0.0880. The third-order valence-corrected chi connectivity index (χ3v) is 2.27. The molecule has 2 N–H and O–H groups in total. The van der Waals surface area contributed by atoms with Crippen molar-refractivity contribution in [2.75, 3.05) is 0 Å². The van der Waals surface area contributed by atoms with Gasteiger partial charge in [0.05, 0.1) is 0 Å². The molecule has 1 rings (SSSR count). The number of nitrogens with two attached hydrogens (primary N) is 1. The quantitative estimate of drug-likeness (QED) is 0.622. The van der Waals surface area contributed by atoms with Gasteiger partial charge in [0.1, 0.15) is 0 Å². The number of rotatable bonds is 1. The lowest BCUT2D eigenvalue weighted by atomic mass is 10.2. The molecule has 60 valence electrons. The normalized spacial score (nSPS) is 13.1.